The number of rotatable bonds is 3. The molecule has 0 aliphatic carbocycles. The SMILES string of the molecule is SN1OC(c2ccc(-c3ccccc3)cc2)=CC1(S)c1cccnc1. The number of hydroxylamine groups is 1. The Balaban J connectivity index is 1.65. The zero-order valence-corrected chi connectivity index (χ0v) is 15.1. The van der Waals surface area contributed by atoms with Crippen LogP contribution in [-0.4, -0.2) is 9.45 Å². The third-order valence-corrected chi connectivity index (χ3v) is 5.30. The predicted molar refractivity (Wildman–Crippen MR) is 107 cm³/mol. The van der Waals surface area contributed by atoms with Crippen molar-refractivity contribution in [3.8, 4) is 11.1 Å². The Bertz CT molecular complexity index is 898. The molecule has 1 atom stereocenters. The molecular weight excluding hydrogens is 348 g/mol. The highest BCUT2D eigenvalue weighted by Crippen LogP contribution is 2.44. The Kier molecular flexibility index (Phi) is 4.29. The van der Waals surface area contributed by atoms with E-state index in [0.29, 0.717) is 5.76 Å². The van der Waals surface area contributed by atoms with Crippen LogP contribution in [-0.2, 0) is 9.71 Å². The summed E-state index contributed by atoms with van der Waals surface area (Å²) in [5, 5.41) is 0. The number of pyridine rings is 1. The number of benzene rings is 2. The van der Waals surface area contributed by atoms with E-state index in [1.54, 1.807) is 12.4 Å². The lowest BCUT2D eigenvalue weighted by atomic mass is 10.0. The zero-order chi connectivity index (χ0) is 17.3. The van der Waals surface area contributed by atoms with E-state index in [2.05, 4.69) is 42.1 Å². The van der Waals surface area contributed by atoms with E-state index in [9.17, 15) is 0 Å². The van der Waals surface area contributed by atoms with Crippen LogP contribution in [0.2, 0.25) is 0 Å². The fourth-order valence-corrected chi connectivity index (χ4v) is 3.35. The average Bonchev–Trinajstić information content (AvgIpc) is 2.99. The lowest BCUT2D eigenvalue weighted by Gasteiger charge is -2.26. The number of thiol groups is 2. The van der Waals surface area contributed by atoms with E-state index >= 15 is 0 Å². The second kappa shape index (κ2) is 6.59. The first-order valence-corrected chi connectivity index (χ1v) is 8.70. The Labute approximate surface area is 157 Å². The van der Waals surface area contributed by atoms with Gasteiger partial charge in [0.1, 0.15) is 0 Å². The van der Waals surface area contributed by atoms with Crippen LogP contribution in [0.25, 0.3) is 16.9 Å². The van der Waals surface area contributed by atoms with E-state index in [1.807, 2.05) is 48.5 Å². The minimum atomic E-state index is -0.773. The lowest BCUT2D eigenvalue weighted by Crippen LogP contribution is -2.28. The van der Waals surface area contributed by atoms with Crippen LogP contribution in [0, 0.1) is 0 Å². The molecule has 2 heterocycles. The Morgan fingerprint density at radius 3 is 2.20 bits per heavy atom. The van der Waals surface area contributed by atoms with Crippen LogP contribution in [0.15, 0.2) is 85.2 Å². The molecule has 1 unspecified atom stereocenters. The summed E-state index contributed by atoms with van der Waals surface area (Å²) in [6.45, 7) is 0. The molecule has 1 aliphatic rings. The lowest BCUT2D eigenvalue weighted by molar-refractivity contribution is 0.00520. The third-order valence-electron chi connectivity index (χ3n) is 4.17. The summed E-state index contributed by atoms with van der Waals surface area (Å²) in [4.78, 5) is 9.20. The largest absolute Gasteiger partial charge is 0.393 e. The number of nitrogens with zero attached hydrogens (tertiary/aromatic N) is 2. The predicted octanol–water partition coefficient (Wildman–Crippen LogP) is 4.96. The van der Waals surface area contributed by atoms with E-state index in [1.165, 1.54) is 10.0 Å². The molecule has 0 radical (unpaired) electrons. The highest BCUT2D eigenvalue weighted by atomic mass is 32.1. The van der Waals surface area contributed by atoms with Crippen molar-refractivity contribution in [1.82, 2.24) is 9.45 Å². The average molecular weight is 364 g/mol. The Hall–Kier alpha value is -2.21. The van der Waals surface area contributed by atoms with Crippen molar-refractivity contribution in [2.45, 2.75) is 4.87 Å². The molecule has 0 fully saturated rings. The van der Waals surface area contributed by atoms with Crippen LogP contribution in [0.3, 0.4) is 0 Å². The summed E-state index contributed by atoms with van der Waals surface area (Å²) in [7, 11) is 0. The van der Waals surface area contributed by atoms with Crippen molar-refractivity contribution in [3.05, 3.63) is 96.3 Å². The molecule has 0 bridgehead atoms. The van der Waals surface area contributed by atoms with Gasteiger partial charge in [-0.25, -0.2) is 0 Å². The molecule has 0 N–H and O–H groups in total. The van der Waals surface area contributed by atoms with Crippen LogP contribution < -0.4 is 0 Å². The van der Waals surface area contributed by atoms with Gasteiger partial charge < -0.3 is 4.84 Å². The molecule has 4 rings (SSSR count). The van der Waals surface area contributed by atoms with Crippen LogP contribution in [0.4, 0.5) is 0 Å². The summed E-state index contributed by atoms with van der Waals surface area (Å²) in [6, 6.07) is 22.3. The maximum atomic E-state index is 5.82. The first-order valence-electron chi connectivity index (χ1n) is 7.85. The van der Waals surface area contributed by atoms with Crippen molar-refractivity contribution in [2.24, 2.45) is 0 Å². The van der Waals surface area contributed by atoms with E-state index in [0.717, 1.165) is 16.7 Å². The topological polar surface area (TPSA) is 25.4 Å². The molecule has 3 aromatic rings. The molecular formula is C20H16N2OS2. The fourth-order valence-electron chi connectivity index (χ4n) is 2.79. The minimum absolute atomic E-state index is 0.716. The van der Waals surface area contributed by atoms with Gasteiger partial charge in [-0.2, -0.15) is 0 Å². The molecule has 0 saturated heterocycles. The van der Waals surface area contributed by atoms with Crippen LogP contribution in [0.1, 0.15) is 11.1 Å². The van der Waals surface area contributed by atoms with Crippen LogP contribution in [0.5, 0.6) is 0 Å². The maximum Gasteiger partial charge on any atom is 0.159 e. The van der Waals surface area contributed by atoms with Crippen molar-refractivity contribution in [2.75, 3.05) is 0 Å². The zero-order valence-electron chi connectivity index (χ0n) is 13.3. The fraction of sp³-hybridized carbons (Fsp3) is 0.0500. The van der Waals surface area contributed by atoms with Gasteiger partial charge in [-0.15, -0.1) is 12.6 Å². The van der Waals surface area contributed by atoms with Crippen molar-refractivity contribution >= 4 is 31.2 Å². The van der Waals surface area contributed by atoms with Gasteiger partial charge in [-0.05, 0) is 23.3 Å². The maximum absolute atomic E-state index is 5.82. The Morgan fingerprint density at radius 2 is 1.52 bits per heavy atom. The second-order valence-corrected chi connectivity index (χ2v) is 6.83. The molecule has 0 saturated carbocycles. The van der Waals surface area contributed by atoms with Gasteiger partial charge in [-0.3, -0.25) is 4.98 Å². The normalized spacial score (nSPS) is 20.2. The van der Waals surface area contributed by atoms with Gasteiger partial charge in [0.25, 0.3) is 0 Å². The quantitative estimate of drug-likeness (QED) is 0.643. The monoisotopic (exact) mass is 364 g/mol. The standard InChI is InChI=1S/C20H16N2OS2/c24-20(18-7-4-12-21-14-18)13-19(23-22(20)25)17-10-8-16(9-11-17)15-5-2-1-3-6-15/h1-14,24-25H. The van der Waals surface area contributed by atoms with Gasteiger partial charge >= 0.3 is 0 Å². The molecule has 1 aromatic heterocycles. The van der Waals surface area contributed by atoms with Gasteiger partial charge in [-0.1, -0.05) is 77.9 Å². The molecule has 25 heavy (non-hydrogen) atoms. The van der Waals surface area contributed by atoms with Crippen LogP contribution >= 0.6 is 25.4 Å². The van der Waals surface area contributed by atoms with E-state index < -0.39 is 4.87 Å². The molecule has 3 nitrogen and oxygen atoms in total. The summed E-state index contributed by atoms with van der Waals surface area (Å²) >= 11 is 9.19. The summed E-state index contributed by atoms with van der Waals surface area (Å²) < 4.78 is 1.44. The summed E-state index contributed by atoms with van der Waals surface area (Å²) in [5.41, 5.74) is 4.21. The highest BCUT2D eigenvalue weighted by molar-refractivity contribution is 7.83. The molecule has 0 amide bonds. The molecule has 0 spiro atoms. The Morgan fingerprint density at radius 1 is 0.840 bits per heavy atom. The van der Waals surface area contributed by atoms with E-state index in [4.69, 9.17) is 17.5 Å². The molecule has 124 valence electrons. The van der Waals surface area contributed by atoms with Crippen molar-refractivity contribution in [3.63, 3.8) is 0 Å². The molecule has 5 heteroatoms. The van der Waals surface area contributed by atoms with E-state index in [-0.39, 0.29) is 0 Å². The van der Waals surface area contributed by atoms with Gasteiger partial charge in [0.2, 0.25) is 0 Å². The first kappa shape index (κ1) is 16.3. The third kappa shape index (κ3) is 3.06. The molecule has 2 aromatic carbocycles. The van der Waals surface area contributed by atoms with Gasteiger partial charge in [0, 0.05) is 23.5 Å². The smallest absolute Gasteiger partial charge is 0.159 e. The van der Waals surface area contributed by atoms with Gasteiger partial charge in [0.05, 0.1) is 0 Å². The summed E-state index contributed by atoms with van der Waals surface area (Å²) in [6.07, 6.45) is 5.43. The number of hydrogen-bond donors (Lipinski definition) is 2. The minimum Gasteiger partial charge on any atom is -0.393 e. The van der Waals surface area contributed by atoms with Crippen molar-refractivity contribution < 1.29 is 4.84 Å². The number of hydrogen-bond acceptors (Lipinski definition) is 5. The molecule has 1 aliphatic heterocycles. The first-order chi connectivity index (χ1) is 12.2. The van der Waals surface area contributed by atoms with Crippen molar-refractivity contribution in [1.29, 1.82) is 0 Å². The highest BCUT2D eigenvalue weighted by Gasteiger charge is 2.40. The summed E-state index contributed by atoms with van der Waals surface area (Å²) in [5.74, 6) is 0.716. The second-order valence-electron chi connectivity index (χ2n) is 5.78. The van der Waals surface area contributed by atoms with Gasteiger partial charge in [0.15, 0.2) is 10.6 Å². The number of aromatic nitrogens is 1.